The lowest BCUT2D eigenvalue weighted by Gasteiger charge is -2.22. The van der Waals surface area contributed by atoms with Crippen LogP contribution in [0.1, 0.15) is 70.1 Å². The molecule has 2 amide bonds. The van der Waals surface area contributed by atoms with Gasteiger partial charge in [-0.25, -0.2) is 4.98 Å². The van der Waals surface area contributed by atoms with E-state index in [-0.39, 0.29) is 29.6 Å². The summed E-state index contributed by atoms with van der Waals surface area (Å²) >= 11 is 0. The van der Waals surface area contributed by atoms with E-state index in [1.54, 1.807) is 6.20 Å². The number of hydrogen-bond acceptors (Lipinski definition) is 6. The minimum absolute atomic E-state index is 0.0921. The predicted octanol–water partition coefficient (Wildman–Crippen LogP) is 1.73. The lowest BCUT2D eigenvalue weighted by Crippen LogP contribution is -2.40. The molecule has 2 aromatic rings. The van der Waals surface area contributed by atoms with Gasteiger partial charge in [0, 0.05) is 30.3 Å². The van der Waals surface area contributed by atoms with Gasteiger partial charge in [-0.1, -0.05) is 18.0 Å². The topological polar surface area (TPSA) is 110 Å². The van der Waals surface area contributed by atoms with E-state index in [0.717, 1.165) is 49.1 Å². The third kappa shape index (κ3) is 3.84. The van der Waals surface area contributed by atoms with Gasteiger partial charge in [0.05, 0.1) is 11.9 Å². The van der Waals surface area contributed by atoms with E-state index in [2.05, 4.69) is 25.8 Å². The fourth-order valence-electron chi connectivity index (χ4n) is 3.80. The number of carbonyl (C=O) groups is 2. The van der Waals surface area contributed by atoms with Crippen molar-refractivity contribution in [3.8, 4) is 0 Å². The SMILES string of the molecule is Cc1cnc(C(=O)NC2CCc3onc(C(=O)NC4CCCC4)c3C2)cn1. The Morgan fingerprint density at radius 1 is 1.04 bits per heavy atom. The summed E-state index contributed by atoms with van der Waals surface area (Å²) in [5, 5.41) is 10.0. The highest BCUT2D eigenvalue weighted by atomic mass is 16.5. The van der Waals surface area contributed by atoms with Crippen LogP contribution in [0, 0.1) is 6.92 Å². The molecule has 0 radical (unpaired) electrons. The molecule has 0 saturated heterocycles. The highest BCUT2D eigenvalue weighted by Crippen LogP contribution is 2.26. The first kappa shape index (κ1) is 17.6. The van der Waals surface area contributed by atoms with E-state index in [1.165, 1.54) is 6.20 Å². The summed E-state index contributed by atoms with van der Waals surface area (Å²) in [6, 6.07) is 0.134. The lowest BCUT2D eigenvalue weighted by atomic mass is 9.91. The highest BCUT2D eigenvalue weighted by molar-refractivity contribution is 5.94. The first-order valence-electron chi connectivity index (χ1n) is 9.48. The van der Waals surface area contributed by atoms with Gasteiger partial charge in [0.1, 0.15) is 11.5 Å². The van der Waals surface area contributed by atoms with Crippen molar-refractivity contribution in [2.24, 2.45) is 0 Å². The molecule has 0 bridgehead atoms. The molecule has 4 rings (SSSR count). The van der Waals surface area contributed by atoms with Gasteiger partial charge >= 0.3 is 0 Å². The van der Waals surface area contributed by atoms with Crippen molar-refractivity contribution in [1.29, 1.82) is 0 Å². The van der Waals surface area contributed by atoms with Gasteiger partial charge in [0.15, 0.2) is 5.69 Å². The number of nitrogens with zero attached hydrogens (tertiary/aromatic N) is 3. The Kier molecular flexibility index (Phi) is 4.87. The molecule has 0 aliphatic heterocycles. The van der Waals surface area contributed by atoms with Crippen LogP contribution in [-0.2, 0) is 12.8 Å². The summed E-state index contributed by atoms with van der Waals surface area (Å²) in [6.45, 7) is 1.82. The number of rotatable bonds is 4. The summed E-state index contributed by atoms with van der Waals surface area (Å²) < 4.78 is 5.38. The summed E-state index contributed by atoms with van der Waals surface area (Å²) in [4.78, 5) is 33.2. The van der Waals surface area contributed by atoms with Gasteiger partial charge in [0.2, 0.25) is 0 Å². The number of hydrogen-bond donors (Lipinski definition) is 2. The number of aryl methyl sites for hydroxylation is 2. The zero-order valence-electron chi connectivity index (χ0n) is 15.3. The first-order chi connectivity index (χ1) is 13.1. The van der Waals surface area contributed by atoms with Crippen LogP contribution < -0.4 is 10.6 Å². The standard InChI is InChI=1S/C19H23N5O3/c1-11-9-21-15(10-20-11)18(25)23-13-6-7-16-14(8-13)17(24-27-16)19(26)22-12-4-2-3-5-12/h9-10,12-13H,2-8H2,1H3,(H,22,26)(H,23,25). The molecule has 0 aromatic carbocycles. The fraction of sp³-hybridized carbons (Fsp3) is 0.526. The molecule has 0 spiro atoms. The van der Waals surface area contributed by atoms with Crippen molar-refractivity contribution < 1.29 is 14.1 Å². The van der Waals surface area contributed by atoms with Crippen LogP contribution in [-0.4, -0.2) is 39.0 Å². The second kappa shape index (κ2) is 7.46. The van der Waals surface area contributed by atoms with E-state index in [4.69, 9.17) is 4.52 Å². The number of carbonyl (C=O) groups excluding carboxylic acids is 2. The third-order valence-electron chi connectivity index (χ3n) is 5.29. The molecule has 27 heavy (non-hydrogen) atoms. The largest absolute Gasteiger partial charge is 0.360 e. The van der Waals surface area contributed by atoms with Crippen molar-refractivity contribution in [1.82, 2.24) is 25.8 Å². The molecule has 2 heterocycles. The molecular formula is C19H23N5O3. The molecule has 1 atom stereocenters. The van der Waals surface area contributed by atoms with Gasteiger partial charge in [-0.05, 0) is 32.6 Å². The Hall–Kier alpha value is -2.77. The summed E-state index contributed by atoms with van der Waals surface area (Å²) in [5.41, 5.74) is 2.20. The van der Waals surface area contributed by atoms with Crippen molar-refractivity contribution in [3.63, 3.8) is 0 Å². The predicted molar refractivity (Wildman–Crippen MR) is 96.3 cm³/mol. The number of aromatic nitrogens is 3. The van der Waals surface area contributed by atoms with Gasteiger partial charge < -0.3 is 15.2 Å². The van der Waals surface area contributed by atoms with Crippen LogP contribution in [0.5, 0.6) is 0 Å². The maximum absolute atomic E-state index is 12.6. The smallest absolute Gasteiger partial charge is 0.273 e. The first-order valence-corrected chi connectivity index (χ1v) is 9.48. The van der Waals surface area contributed by atoms with Crippen LogP contribution in [0.2, 0.25) is 0 Å². The molecule has 2 aromatic heterocycles. The fourth-order valence-corrected chi connectivity index (χ4v) is 3.80. The van der Waals surface area contributed by atoms with E-state index in [9.17, 15) is 9.59 Å². The van der Waals surface area contributed by atoms with E-state index < -0.39 is 0 Å². The molecule has 2 aliphatic rings. The number of amides is 2. The van der Waals surface area contributed by atoms with Gasteiger partial charge in [0.25, 0.3) is 11.8 Å². The molecule has 2 aliphatic carbocycles. The second-order valence-electron chi connectivity index (χ2n) is 7.34. The van der Waals surface area contributed by atoms with E-state index in [1.807, 2.05) is 6.92 Å². The molecule has 2 N–H and O–H groups in total. The molecule has 8 nitrogen and oxygen atoms in total. The van der Waals surface area contributed by atoms with Crippen LogP contribution in [0.25, 0.3) is 0 Å². The maximum Gasteiger partial charge on any atom is 0.273 e. The molecule has 8 heteroatoms. The Balaban J connectivity index is 1.42. The van der Waals surface area contributed by atoms with Crippen molar-refractivity contribution >= 4 is 11.8 Å². The normalized spacial score (nSPS) is 19.5. The average molecular weight is 369 g/mol. The summed E-state index contributed by atoms with van der Waals surface area (Å²) in [7, 11) is 0. The monoisotopic (exact) mass is 369 g/mol. The van der Waals surface area contributed by atoms with Crippen LogP contribution >= 0.6 is 0 Å². The molecular weight excluding hydrogens is 346 g/mol. The Morgan fingerprint density at radius 3 is 2.56 bits per heavy atom. The Morgan fingerprint density at radius 2 is 1.81 bits per heavy atom. The van der Waals surface area contributed by atoms with Gasteiger partial charge in [-0.3, -0.25) is 14.6 Å². The zero-order valence-corrected chi connectivity index (χ0v) is 15.3. The minimum Gasteiger partial charge on any atom is -0.360 e. The number of nitrogens with one attached hydrogen (secondary N) is 2. The highest BCUT2D eigenvalue weighted by Gasteiger charge is 2.30. The summed E-state index contributed by atoms with van der Waals surface area (Å²) in [6.07, 6.45) is 9.27. The lowest BCUT2D eigenvalue weighted by molar-refractivity contribution is 0.0923. The zero-order chi connectivity index (χ0) is 18.8. The van der Waals surface area contributed by atoms with Crippen molar-refractivity contribution in [2.75, 3.05) is 0 Å². The number of fused-ring (bicyclic) bond motifs is 1. The van der Waals surface area contributed by atoms with Crippen molar-refractivity contribution in [2.45, 2.75) is 64.0 Å². The van der Waals surface area contributed by atoms with E-state index in [0.29, 0.717) is 18.5 Å². The van der Waals surface area contributed by atoms with Gasteiger partial charge in [-0.2, -0.15) is 0 Å². The van der Waals surface area contributed by atoms with Crippen molar-refractivity contribution in [3.05, 3.63) is 40.8 Å². The summed E-state index contributed by atoms with van der Waals surface area (Å²) in [5.74, 6) is 0.305. The average Bonchev–Trinajstić information content (AvgIpc) is 3.31. The maximum atomic E-state index is 12.6. The molecule has 1 saturated carbocycles. The molecule has 1 fully saturated rings. The Labute approximate surface area is 157 Å². The molecule has 142 valence electrons. The van der Waals surface area contributed by atoms with Crippen LogP contribution in [0.4, 0.5) is 0 Å². The van der Waals surface area contributed by atoms with E-state index >= 15 is 0 Å². The Bertz CT molecular complexity index is 840. The van der Waals surface area contributed by atoms with Gasteiger partial charge in [-0.15, -0.1) is 0 Å². The van der Waals surface area contributed by atoms with Crippen LogP contribution in [0.3, 0.4) is 0 Å². The quantitative estimate of drug-likeness (QED) is 0.849. The minimum atomic E-state index is -0.260. The van der Waals surface area contributed by atoms with Crippen LogP contribution in [0.15, 0.2) is 16.9 Å². The third-order valence-corrected chi connectivity index (χ3v) is 5.29. The second-order valence-corrected chi connectivity index (χ2v) is 7.34. The molecule has 1 unspecified atom stereocenters.